The highest BCUT2D eigenvalue weighted by Gasteiger charge is 2.24. The van der Waals surface area contributed by atoms with Crippen molar-refractivity contribution in [1.29, 1.82) is 0 Å². The van der Waals surface area contributed by atoms with Crippen LogP contribution in [0.4, 0.5) is 0 Å². The van der Waals surface area contributed by atoms with Gasteiger partial charge in [-0.2, -0.15) is 0 Å². The maximum atomic E-state index is 5.18. The molecule has 140 valence electrons. The van der Waals surface area contributed by atoms with Gasteiger partial charge in [0.05, 0.1) is 13.2 Å². The Kier molecular flexibility index (Phi) is 6.85. The molecule has 3 rings (SSSR count). The number of likely N-dealkylation sites (tertiary alicyclic amines) is 1. The molecule has 6 nitrogen and oxygen atoms in total. The molecular formula is C19H27N5OS. The number of hydrogen-bond donors (Lipinski definition) is 2. The van der Waals surface area contributed by atoms with Crippen molar-refractivity contribution in [3.63, 3.8) is 0 Å². The minimum absolute atomic E-state index is 0.400. The number of aromatic nitrogens is 1. The molecule has 2 aromatic heterocycles. The van der Waals surface area contributed by atoms with Crippen molar-refractivity contribution in [2.24, 2.45) is 4.99 Å². The number of rotatable bonds is 7. The molecule has 26 heavy (non-hydrogen) atoms. The van der Waals surface area contributed by atoms with Crippen LogP contribution in [-0.2, 0) is 6.54 Å². The van der Waals surface area contributed by atoms with Gasteiger partial charge in [0, 0.05) is 37.3 Å². The number of nitrogens with zero attached hydrogens (tertiary/aromatic N) is 3. The van der Waals surface area contributed by atoms with Crippen LogP contribution >= 0.6 is 11.3 Å². The summed E-state index contributed by atoms with van der Waals surface area (Å²) in [5.41, 5.74) is 1.11. The Morgan fingerprint density at radius 1 is 1.35 bits per heavy atom. The molecule has 0 saturated carbocycles. The van der Waals surface area contributed by atoms with Crippen LogP contribution in [0, 0.1) is 0 Å². The predicted molar refractivity (Wildman–Crippen MR) is 107 cm³/mol. The maximum Gasteiger partial charge on any atom is 0.213 e. The second-order valence-corrected chi connectivity index (χ2v) is 7.27. The summed E-state index contributed by atoms with van der Waals surface area (Å²) < 4.78 is 5.18. The van der Waals surface area contributed by atoms with E-state index in [1.807, 2.05) is 23.5 Å². The maximum absolute atomic E-state index is 5.18. The first-order valence-corrected chi connectivity index (χ1v) is 9.89. The third-order valence-electron chi connectivity index (χ3n) is 4.61. The van der Waals surface area contributed by atoms with Crippen molar-refractivity contribution in [2.45, 2.75) is 25.4 Å². The van der Waals surface area contributed by atoms with E-state index in [4.69, 9.17) is 4.74 Å². The largest absolute Gasteiger partial charge is 0.481 e. The number of nitrogens with one attached hydrogen (secondary N) is 2. The Labute approximate surface area is 159 Å². The van der Waals surface area contributed by atoms with Gasteiger partial charge in [-0.1, -0.05) is 6.07 Å². The van der Waals surface area contributed by atoms with E-state index in [1.165, 1.54) is 30.8 Å². The highest BCUT2D eigenvalue weighted by Crippen LogP contribution is 2.27. The summed E-state index contributed by atoms with van der Waals surface area (Å²) >= 11 is 1.83. The van der Waals surface area contributed by atoms with E-state index in [0.29, 0.717) is 18.5 Å². The highest BCUT2D eigenvalue weighted by atomic mass is 32.1. The first-order valence-electron chi connectivity index (χ1n) is 9.01. The van der Waals surface area contributed by atoms with E-state index in [9.17, 15) is 0 Å². The van der Waals surface area contributed by atoms with E-state index >= 15 is 0 Å². The van der Waals surface area contributed by atoms with E-state index < -0.39 is 0 Å². The normalized spacial score (nSPS) is 16.5. The summed E-state index contributed by atoms with van der Waals surface area (Å²) in [6, 6.07) is 8.67. The van der Waals surface area contributed by atoms with Crippen LogP contribution in [0.3, 0.4) is 0 Å². The zero-order valence-electron chi connectivity index (χ0n) is 15.4. The van der Waals surface area contributed by atoms with Gasteiger partial charge in [-0.3, -0.25) is 9.89 Å². The minimum atomic E-state index is 0.400. The lowest BCUT2D eigenvalue weighted by Crippen LogP contribution is -2.42. The van der Waals surface area contributed by atoms with E-state index in [-0.39, 0.29) is 0 Å². The number of pyridine rings is 1. The van der Waals surface area contributed by atoms with E-state index in [2.05, 4.69) is 43.0 Å². The van der Waals surface area contributed by atoms with Gasteiger partial charge in [0.2, 0.25) is 5.88 Å². The summed E-state index contributed by atoms with van der Waals surface area (Å²) in [4.78, 5) is 12.5. The number of thiophene rings is 1. The summed E-state index contributed by atoms with van der Waals surface area (Å²) in [7, 11) is 3.43. The molecule has 0 radical (unpaired) electrons. The van der Waals surface area contributed by atoms with Gasteiger partial charge in [0.15, 0.2) is 5.96 Å². The van der Waals surface area contributed by atoms with Crippen LogP contribution in [0.25, 0.3) is 0 Å². The fourth-order valence-electron chi connectivity index (χ4n) is 3.22. The Hall–Kier alpha value is -2.12. The Balaban J connectivity index is 1.56. The molecule has 1 unspecified atom stereocenters. The Bertz CT molecular complexity index is 698. The van der Waals surface area contributed by atoms with Crippen LogP contribution in [-0.4, -0.2) is 49.6 Å². The van der Waals surface area contributed by atoms with Crippen LogP contribution in [0.5, 0.6) is 5.88 Å². The van der Waals surface area contributed by atoms with Crippen molar-refractivity contribution in [3.05, 3.63) is 46.3 Å². The van der Waals surface area contributed by atoms with Gasteiger partial charge in [-0.15, -0.1) is 11.3 Å². The fraction of sp³-hybridized carbons (Fsp3) is 0.474. The number of ether oxygens (including phenoxy) is 1. The van der Waals surface area contributed by atoms with Gasteiger partial charge >= 0.3 is 0 Å². The van der Waals surface area contributed by atoms with Gasteiger partial charge in [-0.05, 0) is 49.0 Å². The first kappa shape index (κ1) is 18.7. The molecule has 0 bridgehead atoms. The molecule has 0 aliphatic carbocycles. The Morgan fingerprint density at radius 3 is 2.88 bits per heavy atom. The summed E-state index contributed by atoms with van der Waals surface area (Å²) in [5.74, 6) is 1.43. The van der Waals surface area contributed by atoms with Crippen LogP contribution < -0.4 is 15.4 Å². The lowest BCUT2D eigenvalue weighted by Gasteiger charge is -2.27. The van der Waals surface area contributed by atoms with Crippen LogP contribution in [0.15, 0.2) is 40.8 Å². The van der Waals surface area contributed by atoms with Crippen LogP contribution in [0.1, 0.15) is 29.3 Å². The molecule has 0 aromatic carbocycles. The molecule has 3 heterocycles. The van der Waals surface area contributed by atoms with Crippen molar-refractivity contribution >= 4 is 17.3 Å². The molecule has 1 aliphatic rings. The molecule has 0 spiro atoms. The molecule has 1 aliphatic heterocycles. The average Bonchev–Trinajstić information content (AvgIpc) is 3.39. The molecule has 0 amide bonds. The van der Waals surface area contributed by atoms with Gasteiger partial charge in [-0.25, -0.2) is 4.98 Å². The zero-order valence-corrected chi connectivity index (χ0v) is 16.3. The van der Waals surface area contributed by atoms with E-state index in [0.717, 1.165) is 18.1 Å². The lowest BCUT2D eigenvalue weighted by atomic mass is 10.2. The highest BCUT2D eigenvalue weighted by molar-refractivity contribution is 7.10. The second-order valence-electron chi connectivity index (χ2n) is 6.29. The molecule has 7 heteroatoms. The summed E-state index contributed by atoms with van der Waals surface area (Å²) in [6.07, 6.45) is 4.34. The topological polar surface area (TPSA) is 61.8 Å². The van der Waals surface area contributed by atoms with Gasteiger partial charge < -0.3 is 15.4 Å². The number of methoxy groups -OCH3 is 1. The summed E-state index contributed by atoms with van der Waals surface area (Å²) in [5, 5.41) is 9.01. The van der Waals surface area contributed by atoms with Crippen molar-refractivity contribution < 1.29 is 4.74 Å². The fourth-order valence-corrected chi connectivity index (χ4v) is 4.08. The molecular weight excluding hydrogens is 346 g/mol. The second kappa shape index (κ2) is 9.54. The monoisotopic (exact) mass is 373 g/mol. The molecule has 2 N–H and O–H groups in total. The number of aliphatic imine (C=N–C) groups is 1. The van der Waals surface area contributed by atoms with Crippen molar-refractivity contribution in [3.8, 4) is 5.88 Å². The lowest BCUT2D eigenvalue weighted by molar-refractivity contribution is 0.249. The van der Waals surface area contributed by atoms with Gasteiger partial charge in [0.25, 0.3) is 0 Å². The molecule has 1 saturated heterocycles. The standard InChI is InChI=1S/C19H27N5OS/c1-20-19(22-13-15-7-8-21-18(12-15)25-2)23-14-16(17-6-5-11-26-17)24-9-3-4-10-24/h5-8,11-12,16H,3-4,9-10,13-14H2,1-2H3,(H2,20,22,23). The zero-order chi connectivity index (χ0) is 18.2. The smallest absolute Gasteiger partial charge is 0.213 e. The molecule has 1 fully saturated rings. The van der Waals surface area contributed by atoms with Crippen molar-refractivity contribution in [1.82, 2.24) is 20.5 Å². The minimum Gasteiger partial charge on any atom is -0.481 e. The third kappa shape index (κ3) is 4.95. The SMILES string of the molecule is CN=C(NCc1ccnc(OC)c1)NCC(c1cccs1)N1CCCC1. The quantitative estimate of drug-likeness (QED) is 0.577. The average molecular weight is 374 g/mol. The van der Waals surface area contributed by atoms with E-state index in [1.54, 1.807) is 20.4 Å². The van der Waals surface area contributed by atoms with Crippen LogP contribution in [0.2, 0.25) is 0 Å². The van der Waals surface area contributed by atoms with Gasteiger partial charge in [0.1, 0.15) is 0 Å². The number of guanidine groups is 1. The Morgan fingerprint density at radius 2 is 2.19 bits per heavy atom. The summed E-state index contributed by atoms with van der Waals surface area (Å²) in [6.45, 7) is 3.87. The number of hydrogen-bond acceptors (Lipinski definition) is 5. The molecule has 1 atom stereocenters. The third-order valence-corrected chi connectivity index (χ3v) is 5.58. The van der Waals surface area contributed by atoms with Crippen molar-refractivity contribution in [2.75, 3.05) is 33.8 Å². The predicted octanol–water partition coefficient (Wildman–Crippen LogP) is 2.65. The molecule has 2 aromatic rings. The first-order chi connectivity index (χ1) is 12.8.